The van der Waals surface area contributed by atoms with Crippen molar-refractivity contribution in [3.05, 3.63) is 95.8 Å². The standard InChI is InChI=1S/C22H24N2O/c25-17-22(19-10-5-2-6-11-19)24-15-14-23-13-7-12-20(23)21(24)16-18-8-3-1-4-9-18/h1-13,21-22,25H,14-17H2/t21-,22-/m1/s1. The average Bonchev–Trinajstić information content (AvgIpc) is 3.15. The smallest absolute Gasteiger partial charge is 0.0628 e. The van der Waals surface area contributed by atoms with Crippen LogP contribution in [-0.4, -0.2) is 27.7 Å². The van der Waals surface area contributed by atoms with Gasteiger partial charge in [-0.3, -0.25) is 4.90 Å². The van der Waals surface area contributed by atoms with Crippen LogP contribution in [0.15, 0.2) is 79.0 Å². The number of aromatic nitrogens is 1. The Bertz CT molecular complexity index is 797. The van der Waals surface area contributed by atoms with E-state index in [1.165, 1.54) is 16.8 Å². The Labute approximate surface area is 149 Å². The van der Waals surface area contributed by atoms with Gasteiger partial charge in [0.2, 0.25) is 0 Å². The predicted molar refractivity (Wildman–Crippen MR) is 100 cm³/mol. The van der Waals surface area contributed by atoms with Crippen LogP contribution in [0.5, 0.6) is 0 Å². The molecule has 1 aliphatic rings. The third kappa shape index (κ3) is 3.26. The van der Waals surface area contributed by atoms with Crippen LogP contribution in [0.25, 0.3) is 0 Å². The molecule has 1 aliphatic heterocycles. The summed E-state index contributed by atoms with van der Waals surface area (Å²) in [4.78, 5) is 2.47. The maximum atomic E-state index is 10.2. The van der Waals surface area contributed by atoms with Gasteiger partial charge in [0.15, 0.2) is 0 Å². The molecule has 128 valence electrons. The van der Waals surface area contributed by atoms with Crippen LogP contribution >= 0.6 is 0 Å². The molecule has 0 saturated carbocycles. The molecule has 0 aliphatic carbocycles. The average molecular weight is 332 g/mol. The normalized spacial score (nSPS) is 18.7. The van der Waals surface area contributed by atoms with E-state index in [1.54, 1.807) is 0 Å². The maximum Gasteiger partial charge on any atom is 0.0628 e. The quantitative estimate of drug-likeness (QED) is 0.769. The maximum absolute atomic E-state index is 10.2. The van der Waals surface area contributed by atoms with E-state index in [-0.39, 0.29) is 18.7 Å². The Balaban J connectivity index is 1.70. The number of rotatable bonds is 5. The molecule has 2 heterocycles. The molecule has 25 heavy (non-hydrogen) atoms. The Morgan fingerprint density at radius 1 is 0.880 bits per heavy atom. The van der Waals surface area contributed by atoms with Crippen molar-refractivity contribution in [2.24, 2.45) is 0 Å². The van der Waals surface area contributed by atoms with Gasteiger partial charge in [-0.15, -0.1) is 0 Å². The van der Waals surface area contributed by atoms with Crippen LogP contribution in [0, 0.1) is 0 Å². The molecular formula is C22H24N2O. The molecule has 0 saturated heterocycles. The second kappa shape index (κ2) is 7.26. The summed E-state index contributed by atoms with van der Waals surface area (Å²) in [5.41, 5.74) is 3.85. The lowest BCUT2D eigenvalue weighted by Gasteiger charge is -2.41. The number of aliphatic hydroxyl groups excluding tert-OH is 1. The summed E-state index contributed by atoms with van der Waals surface area (Å²) in [6, 6.07) is 25.7. The first-order valence-electron chi connectivity index (χ1n) is 8.97. The van der Waals surface area contributed by atoms with Gasteiger partial charge >= 0.3 is 0 Å². The molecule has 1 N–H and O–H groups in total. The van der Waals surface area contributed by atoms with Crippen molar-refractivity contribution in [1.29, 1.82) is 0 Å². The SMILES string of the molecule is OC[C@H](c1ccccc1)N1CCn2cccc2[C@H]1Cc1ccccc1. The van der Waals surface area contributed by atoms with E-state index in [0.717, 1.165) is 19.5 Å². The van der Waals surface area contributed by atoms with Gasteiger partial charge in [-0.2, -0.15) is 0 Å². The summed E-state index contributed by atoms with van der Waals surface area (Å²) in [5.74, 6) is 0. The minimum Gasteiger partial charge on any atom is -0.394 e. The molecule has 3 nitrogen and oxygen atoms in total. The number of hydrogen-bond acceptors (Lipinski definition) is 2. The highest BCUT2D eigenvalue weighted by molar-refractivity contribution is 5.25. The van der Waals surface area contributed by atoms with E-state index in [1.807, 2.05) is 6.07 Å². The van der Waals surface area contributed by atoms with Gasteiger partial charge in [0.05, 0.1) is 18.7 Å². The van der Waals surface area contributed by atoms with Gasteiger partial charge in [0.25, 0.3) is 0 Å². The highest BCUT2D eigenvalue weighted by Gasteiger charge is 2.32. The summed E-state index contributed by atoms with van der Waals surface area (Å²) < 4.78 is 2.35. The minimum absolute atomic E-state index is 0.0264. The van der Waals surface area contributed by atoms with Crippen molar-refractivity contribution in [3.63, 3.8) is 0 Å². The Kier molecular flexibility index (Phi) is 4.68. The molecule has 4 rings (SSSR count). The van der Waals surface area contributed by atoms with E-state index in [9.17, 15) is 5.11 Å². The van der Waals surface area contributed by atoms with Gasteiger partial charge in [-0.25, -0.2) is 0 Å². The first kappa shape index (κ1) is 16.1. The topological polar surface area (TPSA) is 28.4 Å². The van der Waals surface area contributed by atoms with Crippen LogP contribution in [-0.2, 0) is 13.0 Å². The number of benzene rings is 2. The van der Waals surface area contributed by atoms with Crippen LogP contribution in [0.1, 0.15) is 28.9 Å². The summed E-state index contributed by atoms with van der Waals surface area (Å²) in [7, 11) is 0. The van der Waals surface area contributed by atoms with E-state index in [4.69, 9.17) is 0 Å². The monoisotopic (exact) mass is 332 g/mol. The molecule has 0 spiro atoms. The lowest BCUT2D eigenvalue weighted by molar-refractivity contribution is 0.0599. The van der Waals surface area contributed by atoms with E-state index in [0.29, 0.717) is 0 Å². The van der Waals surface area contributed by atoms with Crippen LogP contribution in [0.2, 0.25) is 0 Å². The summed E-state index contributed by atoms with van der Waals surface area (Å²) in [5, 5.41) is 10.2. The van der Waals surface area contributed by atoms with Crippen LogP contribution < -0.4 is 0 Å². The van der Waals surface area contributed by atoms with Crippen molar-refractivity contribution in [3.8, 4) is 0 Å². The second-order valence-corrected chi connectivity index (χ2v) is 6.68. The molecule has 2 aromatic carbocycles. The van der Waals surface area contributed by atoms with Gasteiger partial charge in [0, 0.05) is 25.0 Å². The van der Waals surface area contributed by atoms with E-state index >= 15 is 0 Å². The van der Waals surface area contributed by atoms with E-state index < -0.39 is 0 Å². The zero-order valence-corrected chi connectivity index (χ0v) is 14.3. The molecule has 1 aromatic heterocycles. The number of hydrogen-bond donors (Lipinski definition) is 1. The molecular weight excluding hydrogens is 308 g/mol. The van der Waals surface area contributed by atoms with Crippen molar-refractivity contribution >= 4 is 0 Å². The molecule has 3 heteroatoms. The van der Waals surface area contributed by atoms with Gasteiger partial charge in [-0.05, 0) is 29.7 Å². The van der Waals surface area contributed by atoms with Crippen molar-refractivity contribution < 1.29 is 5.11 Å². The lowest BCUT2D eigenvalue weighted by atomic mass is 9.96. The lowest BCUT2D eigenvalue weighted by Crippen LogP contribution is -2.42. The van der Waals surface area contributed by atoms with Gasteiger partial charge in [0.1, 0.15) is 0 Å². The Morgan fingerprint density at radius 3 is 2.32 bits per heavy atom. The fourth-order valence-electron chi connectivity index (χ4n) is 3.99. The third-order valence-corrected chi connectivity index (χ3v) is 5.23. The molecule has 3 aromatic rings. The first-order valence-corrected chi connectivity index (χ1v) is 8.97. The summed E-state index contributed by atoms with van der Waals surface area (Å²) in [6.45, 7) is 2.05. The predicted octanol–water partition coefficient (Wildman–Crippen LogP) is 3.82. The van der Waals surface area contributed by atoms with Crippen molar-refractivity contribution in [1.82, 2.24) is 9.47 Å². The highest BCUT2D eigenvalue weighted by atomic mass is 16.3. The van der Waals surface area contributed by atoms with Gasteiger partial charge in [-0.1, -0.05) is 60.7 Å². The second-order valence-electron chi connectivity index (χ2n) is 6.68. The fraction of sp³-hybridized carbons (Fsp3) is 0.273. The third-order valence-electron chi connectivity index (χ3n) is 5.23. The summed E-state index contributed by atoms with van der Waals surface area (Å²) in [6.07, 6.45) is 3.12. The zero-order valence-electron chi connectivity index (χ0n) is 14.3. The summed E-state index contributed by atoms with van der Waals surface area (Å²) >= 11 is 0. The number of fused-ring (bicyclic) bond motifs is 1. The molecule has 0 radical (unpaired) electrons. The van der Waals surface area contributed by atoms with Gasteiger partial charge < -0.3 is 9.67 Å². The number of aliphatic hydroxyl groups is 1. The molecule has 0 unspecified atom stereocenters. The zero-order chi connectivity index (χ0) is 17.1. The van der Waals surface area contributed by atoms with Crippen molar-refractivity contribution in [2.45, 2.75) is 25.0 Å². The van der Waals surface area contributed by atoms with Crippen LogP contribution in [0.3, 0.4) is 0 Å². The Hall–Kier alpha value is -2.36. The van der Waals surface area contributed by atoms with Crippen LogP contribution in [0.4, 0.5) is 0 Å². The fourth-order valence-corrected chi connectivity index (χ4v) is 3.99. The van der Waals surface area contributed by atoms with E-state index in [2.05, 4.69) is 82.4 Å². The molecule has 0 amide bonds. The van der Waals surface area contributed by atoms with Crippen molar-refractivity contribution in [2.75, 3.05) is 13.2 Å². The molecule has 0 fully saturated rings. The highest BCUT2D eigenvalue weighted by Crippen LogP contribution is 2.36. The molecule has 2 atom stereocenters. The number of nitrogens with zero attached hydrogens (tertiary/aromatic N) is 2. The first-order chi connectivity index (χ1) is 12.4. The molecule has 0 bridgehead atoms. The largest absolute Gasteiger partial charge is 0.394 e. The Morgan fingerprint density at radius 2 is 1.60 bits per heavy atom. The minimum atomic E-state index is 0.0264.